The Balaban J connectivity index is 1.57. The van der Waals surface area contributed by atoms with Crippen molar-refractivity contribution in [2.24, 2.45) is 0 Å². The molecule has 0 atom stereocenters. The summed E-state index contributed by atoms with van der Waals surface area (Å²) < 4.78 is 38.2. The Kier molecular flexibility index (Phi) is 9.73. The number of sulfonamides is 1. The number of hydrogen-bond donors (Lipinski definition) is 0. The van der Waals surface area contributed by atoms with Crippen LogP contribution in [0.3, 0.4) is 0 Å². The Bertz CT molecular complexity index is 1440. The molecule has 0 unspecified atom stereocenters. The predicted octanol–water partition coefficient (Wildman–Crippen LogP) is 4.79. The summed E-state index contributed by atoms with van der Waals surface area (Å²) >= 11 is 6.03. The molecule has 40 heavy (non-hydrogen) atoms. The van der Waals surface area contributed by atoms with E-state index in [2.05, 4.69) is 29.2 Å². The maximum absolute atomic E-state index is 13.9. The molecule has 1 aliphatic heterocycles. The standard InChI is InChI=1S/C30H34ClN3O5S/c1-38-28-20-26(30(35)33-18-16-32(17-19-33)15-7-10-23-8-5-4-6-9-23)27(21-29(28)39-2)34(40(3,36)37)22-24-11-13-25(31)14-12-24/h4-14,20-21H,15-19,22H2,1-3H3/b10-7+. The molecule has 1 fully saturated rings. The molecule has 0 aliphatic carbocycles. The minimum Gasteiger partial charge on any atom is -0.493 e. The lowest BCUT2D eigenvalue weighted by Crippen LogP contribution is -2.49. The number of carbonyl (C=O) groups is 1. The van der Waals surface area contributed by atoms with E-state index in [0.717, 1.165) is 23.9 Å². The second kappa shape index (κ2) is 13.2. The van der Waals surface area contributed by atoms with Gasteiger partial charge in [0.1, 0.15) is 0 Å². The quantitative estimate of drug-likeness (QED) is 0.341. The number of ether oxygens (including phenoxy) is 2. The first-order chi connectivity index (χ1) is 19.2. The normalized spacial score (nSPS) is 14.3. The molecule has 8 nitrogen and oxygen atoms in total. The summed E-state index contributed by atoms with van der Waals surface area (Å²) in [7, 11) is -0.830. The van der Waals surface area contributed by atoms with Gasteiger partial charge in [-0.15, -0.1) is 0 Å². The summed E-state index contributed by atoms with van der Waals surface area (Å²) in [5, 5.41) is 0.548. The molecule has 0 N–H and O–H groups in total. The van der Waals surface area contributed by atoms with Crippen LogP contribution in [0.4, 0.5) is 5.69 Å². The molecule has 1 aliphatic rings. The van der Waals surface area contributed by atoms with Crippen molar-refractivity contribution in [1.29, 1.82) is 0 Å². The van der Waals surface area contributed by atoms with Gasteiger partial charge in [-0.25, -0.2) is 8.42 Å². The lowest BCUT2D eigenvalue weighted by atomic mass is 10.1. The Morgan fingerprint density at radius 3 is 2.17 bits per heavy atom. The van der Waals surface area contributed by atoms with E-state index in [1.807, 2.05) is 18.2 Å². The third-order valence-electron chi connectivity index (χ3n) is 6.77. The van der Waals surface area contributed by atoms with Gasteiger partial charge < -0.3 is 14.4 Å². The molecular weight excluding hydrogens is 550 g/mol. The number of rotatable bonds is 10. The first-order valence-electron chi connectivity index (χ1n) is 12.9. The smallest absolute Gasteiger partial charge is 0.256 e. The number of carbonyl (C=O) groups excluding carboxylic acids is 1. The average Bonchev–Trinajstić information content (AvgIpc) is 2.96. The maximum atomic E-state index is 13.9. The largest absolute Gasteiger partial charge is 0.493 e. The number of amides is 1. The maximum Gasteiger partial charge on any atom is 0.256 e. The molecule has 0 spiro atoms. The van der Waals surface area contributed by atoms with Crippen LogP contribution in [0.2, 0.25) is 5.02 Å². The molecule has 1 heterocycles. The first kappa shape index (κ1) is 29.5. The zero-order valence-electron chi connectivity index (χ0n) is 22.9. The summed E-state index contributed by atoms with van der Waals surface area (Å²) in [6.07, 6.45) is 5.34. The SMILES string of the molecule is COc1cc(C(=O)N2CCN(C/C=C/c3ccccc3)CC2)c(N(Cc2ccc(Cl)cc2)S(C)(=O)=O)cc1OC. The molecule has 1 saturated heterocycles. The lowest BCUT2D eigenvalue weighted by molar-refractivity contribution is 0.0650. The third-order valence-corrected chi connectivity index (χ3v) is 8.15. The highest BCUT2D eigenvalue weighted by Gasteiger charge is 2.30. The zero-order chi connectivity index (χ0) is 28.7. The van der Waals surface area contributed by atoms with Crippen LogP contribution in [0.15, 0.2) is 72.8 Å². The van der Waals surface area contributed by atoms with E-state index in [1.165, 1.54) is 18.5 Å². The molecule has 3 aromatic carbocycles. The zero-order valence-corrected chi connectivity index (χ0v) is 24.5. The van der Waals surface area contributed by atoms with E-state index >= 15 is 0 Å². The highest BCUT2D eigenvalue weighted by molar-refractivity contribution is 7.92. The molecule has 212 valence electrons. The van der Waals surface area contributed by atoms with Gasteiger partial charge in [0.05, 0.1) is 38.3 Å². The Morgan fingerprint density at radius 1 is 0.950 bits per heavy atom. The predicted molar refractivity (Wildman–Crippen MR) is 160 cm³/mol. The van der Waals surface area contributed by atoms with Gasteiger partial charge in [0.15, 0.2) is 11.5 Å². The Labute approximate surface area is 241 Å². The highest BCUT2D eigenvalue weighted by atomic mass is 35.5. The van der Waals surface area contributed by atoms with E-state index in [1.54, 1.807) is 41.3 Å². The monoisotopic (exact) mass is 583 g/mol. The molecule has 0 aromatic heterocycles. The van der Waals surface area contributed by atoms with Gasteiger partial charge in [-0.3, -0.25) is 14.0 Å². The summed E-state index contributed by atoms with van der Waals surface area (Å²) in [5.74, 6) is 0.410. The van der Waals surface area contributed by atoms with Gasteiger partial charge in [0, 0.05) is 43.8 Å². The summed E-state index contributed by atoms with van der Waals surface area (Å²) in [6.45, 7) is 3.24. The van der Waals surface area contributed by atoms with Crippen LogP contribution in [0.25, 0.3) is 6.08 Å². The van der Waals surface area contributed by atoms with E-state index in [4.69, 9.17) is 21.1 Å². The fraction of sp³-hybridized carbons (Fsp3) is 0.300. The fourth-order valence-electron chi connectivity index (χ4n) is 4.59. The minimum absolute atomic E-state index is 0.0211. The van der Waals surface area contributed by atoms with Crippen LogP contribution in [-0.2, 0) is 16.6 Å². The van der Waals surface area contributed by atoms with Gasteiger partial charge in [-0.2, -0.15) is 0 Å². The number of nitrogens with zero attached hydrogens (tertiary/aromatic N) is 3. The van der Waals surface area contributed by atoms with Crippen molar-refractivity contribution in [1.82, 2.24) is 9.80 Å². The van der Waals surface area contributed by atoms with Crippen molar-refractivity contribution < 1.29 is 22.7 Å². The van der Waals surface area contributed by atoms with Crippen LogP contribution >= 0.6 is 11.6 Å². The average molecular weight is 584 g/mol. The van der Waals surface area contributed by atoms with Crippen molar-refractivity contribution in [2.75, 3.05) is 57.5 Å². The van der Waals surface area contributed by atoms with Crippen molar-refractivity contribution in [2.45, 2.75) is 6.54 Å². The van der Waals surface area contributed by atoms with Crippen LogP contribution in [0.5, 0.6) is 11.5 Å². The number of piperazine rings is 1. The molecule has 0 radical (unpaired) electrons. The number of methoxy groups -OCH3 is 2. The molecule has 3 aromatic rings. The van der Waals surface area contributed by atoms with Gasteiger partial charge in [-0.1, -0.05) is 66.2 Å². The number of halogens is 1. The summed E-state index contributed by atoms with van der Waals surface area (Å²) in [6, 6.07) is 20.1. The lowest BCUT2D eigenvalue weighted by Gasteiger charge is -2.35. The van der Waals surface area contributed by atoms with Gasteiger partial charge >= 0.3 is 0 Å². The van der Waals surface area contributed by atoms with Crippen LogP contribution in [0.1, 0.15) is 21.5 Å². The fourth-order valence-corrected chi connectivity index (χ4v) is 5.61. The topological polar surface area (TPSA) is 79.4 Å². The van der Waals surface area contributed by atoms with Crippen LogP contribution < -0.4 is 13.8 Å². The molecule has 0 saturated carbocycles. The highest BCUT2D eigenvalue weighted by Crippen LogP contribution is 2.37. The first-order valence-corrected chi connectivity index (χ1v) is 15.1. The molecule has 1 amide bonds. The van der Waals surface area contributed by atoms with Crippen molar-refractivity contribution in [3.05, 3.63) is 94.5 Å². The van der Waals surface area contributed by atoms with Crippen molar-refractivity contribution >= 4 is 39.3 Å². The van der Waals surface area contributed by atoms with Crippen LogP contribution in [-0.4, -0.2) is 77.3 Å². The summed E-state index contributed by atoms with van der Waals surface area (Å²) in [5.41, 5.74) is 2.33. The van der Waals surface area contributed by atoms with Gasteiger partial charge in [0.2, 0.25) is 10.0 Å². The number of anilines is 1. The number of benzene rings is 3. The van der Waals surface area contributed by atoms with E-state index < -0.39 is 10.0 Å². The second-order valence-corrected chi connectivity index (χ2v) is 11.9. The van der Waals surface area contributed by atoms with Crippen molar-refractivity contribution in [3.63, 3.8) is 0 Å². The van der Waals surface area contributed by atoms with Crippen LogP contribution in [0, 0.1) is 0 Å². The van der Waals surface area contributed by atoms with Gasteiger partial charge in [0.25, 0.3) is 5.91 Å². The summed E-state index contributed by atoms with van der Waals surface area (Å²) in [4.78, 5) is 17.9. The molecule has 4 rings (SSSR count). The molecular formula is C30H34ClN3O5S. The molecule has 0 bridgehead atoms. The second-order valence-electron chi connectivity index (χ2n) is 9.53. The third kappa shape index (κ3) is 7.35. The van der Waals surface area contributed by atoms with E-state index in [0.29, 0.717) is 42.7 Å². The van der Waals surface area contributed by atoms with E-state index in [9.17, 15) is 13.2 Å². The minimum atomic E-state index is -3.78. The van der Waals surface area contributed by atoms with Crippen molar-refractivity contribution in [3.8, 4) is 11.5 Å². The van der Waals surface area contributed by atoms with Gasteiger partial charge in [-0.05, 0) is 29.3 Å². The Hall–Kier alpha value is -3.53. The van der Waals surface area contributed by atoms with E-state index in [-0.39, 0.29) is 23.7 Å². The molecule has 10 heteroatoms. The Morgan fingerprint density at radius 2 is 1.57 bits per heavy atom. The number of hydrogen-bond acceptors (Lipinski definition) is 6.